The summed E-state index contributed by atoms with van der Waals surface area (Å²) >= 11 is 0. The number of rotatable bonds is 3. The first-order valence-electron chi connectivity index (χ1n) is 4.56. The van der Waals surface area contributed by atoms with E-state index in [2.05, 4.69) is 23.8 Å². The summed E-state index contributed by atoms with van der Waals surface area (Å²) in [6.07, 6.45) is 3.64. The molecule has 1 N–H and O–H groups in total. The molecular weight excluding hydrogens is 164 g/mol. The van der Waals surface area contributed by atoms with Crippen LogP contribution in [0.1, 0.15) is 37.8 Å². The van der Waals surface area contributed by atoms with Crippen LogP contribution >= 0.6 is 0 Å². The van der Waals surface area contributed by atoms with Crippen LogP contribution in [0.25, 0.3) is 0 Å². The number of aliphatic hydroxyl groups is 1. The average Bonchev–Trinajstić information content (AvgIpc) is 2.04. The molecule has 0 amide bonds. The molecule has 1 atom stereocenters. The Morgan fingerprint density at radius 3 is 2.31 bits per heavy atom. The fraction of sp³-hybridized carbons (Fsp3) is 0.600. The van der Waals surface area contributed by atoms with Gasteiger partial charge in [0.1, 0.15) is 6.10 Å². The SMILES string of the molecule is Cc1cnc(C(O)CC(C)C)nc1. The highest BCUT2D eigenvalue weighted by Crippen LogP contribution is 2.16. The second-order valence-electron chi connectivity index (χ2n) is 3.76. The monoisotopic (exact) mass is 180 g/mol. The molecule has 3 nitrogen and oxygen atoms in total. The standard InChI is InChI=1S/C10H16N2O/c1-7(2)4-9(13)10-11-5-8(3)6-12-10/h5-7,9,13H,4H2,1-3H3. The third-order valence-electron chi connectivity index (χ3n) is 1.79. The zero-order valence-electron chi connectivity index (χ0n) is 8.36. The van der Waals surface area contributed by atoms with Gasteiger partial charge in [-0.2, -0.15) is 0 Å². The second kappa shape index (κ2) is 4.33. The Morgan fingerprint density at radius 1 is 1.31 bits per heavy atom. The van der Waals surface area contributed by atoms with E-state index in [0.29, 0.717) is 18.2 Å². The topological polar surface area (TPSA) is 46.0 Å². The van der Waals surface area contributed by atoms with Crippen molar-refractivity contribution in [1.29, 1.82) is 0 Å². The first-order chi connectivity index (χ1) is 6.09. The summed E-state index contributed by atoms with van der Waals surface area (Å²) in [4.78, 5) is 8.14. The fourth-order valence-electron chi connectivity index (χ4n) is 1.13. The van der Waals surface area contributed by atoms with E-state index in [4.69, 9.17) is 0 Å². The summed E-state index contributed by atoms with van der Waals surface area (Å²) in [5, 5.41) is 9.66. The van der Waals surface area contributed by atoms with Crippen LogP contribution in [-0.2, 0) is 0 Å². The maximum absolute atomic E-state index is 9.66. The van der Waals surface area contributed by atoms with Gasteiger partial charge in [0.2, 0.25) is 0 Å². The molecule has 0 aliphatic rings. The van der Waals surface area contributed by atoms with E-state index in [1.165, 1.54) is 0 Å². The van der Waals surface area contributed by atoms with Gasteiger partial charge in [-0.25, -0.2) is 9.97 Å². The highest BCUT2D eigenvalue weighted by atomic mass is 16.3. The Labute approximate surface area is 78.9 Å². The van der Waals surface area contributed by atoms with Gasteiger partial charge in [0.05, 0.1) is 0 Å². The Hall–Kier alpha value is -0.960. The van der Waals surface area contributed by atoms with Crippen molar-refractivity contribution in [2.75, 3.05) is 0 Å². The van der Waals surface area contributed by atoms with E-state index in [1.807, 2.05) is 6.92 Å². The molecule has 72 valence electrons. The van der Waals surface area contributed by atoms with Crippen LogP contribution in [-0.4, -0.2) is 15.1 Å². The molecule has 0 aliphatic heterocycles. The van der Waals surface area contributed by atoms with Crippen molar-refractivity contribution < 1.29 is 5.11 Å². The predicted molar refractivity (Wildman–Crippen MR) is 51.2 cm³/mol. The molecule has 1 aromatic rings. The van der Waals surface area contributed by atoms with Gasteiger partial charge in [-0.3, -0.25) is 0 Å². The molecule has 0 bridgehead atoms. The van der Waals surface area contributed by atoms with Crippen LogP contribution in [0.2, 0.25) is 0 Å². The van der Waals surface area contributed by atoms with Crippen molar-refractivity contribution in [3.05, 3.63) is 23.8 Å². The minimum atomic E-state index is -0.527. The lowest BCUT2D eigenvalue weighted by molar-refractivity contribution is 0.141. The van der Waals surface area contributed by atoms with Crippen LogP contribution in [0.5, 0.6) is 0 Å². The third kappa shape index (κ3) is 3.11. The normalized spacial score (nSPS) is 13.3. The molecule has 1 aromatic heterocycles. The summed E-state index contributed by atoms with van der Waals surface area (Å²) in [5.41, 5.74) is 1.01. The molecule has 0 fully saturated rings. The lowest BCUT2D eigenvalue weighted by atomic mass is 10.1. The van der Waals surface area contributed by atoms with Crippen molar-refractivity contribution in [3.63, 3.8) is 0 Å². The Balaban J connectivity index is 2.66. The van der Waals surface area contributed by atoms with E-state index < -0.39 is 6.10 Å². The van der Waals surface area contributed by atoms with Crippen molar-refractivity contribution in [2.45, 2.75) is 33.3 Å². The summed E-state index contributed by atoms with van der Waals surface area (Å²) in [6, 6.07) is 0. The number of hydrogen-bond acceptors (Lipinski definition) is 3. The number of hydrogen-bond donors (Lipinski definition) is 1. The second-order valence-corrected chi connectivity index (χ2v) is 3.76. The smallest absolute Gasteiger partial charge is 0.156 e. The van der Waals surface area contributed by atoms with Crippen molar-refractivity contribution >= 4 is 0 Å². The molecule has 0 saturated carbocycles. The van der Waals surface area contributed by atoms with E-state index in [1.54, 1.807) is 12.4 Å². The molecule has 0 aliphatic carbocycles. The Bertz CT molecular complexity index is 256. The molecule has 13 heavy (non-hydrogen) atoms. The van der Waals surface area contributed by atoms with Gasteiger partial charge in [-0.15, -0.1) is 0 Å². The summed E-state index contributed by atoms with van der Waals surface area (Å²) in [7, 11) is 0. The molecule has 1 unspecified atom stereocenters. The lowest BCUT2D eigenvalue weighted by Gasteiger charge is -2.10. The number of aromatic nitrogens is 2. The van der Waals surface area contributed by atoms with Crippen molar-refractivity contribution in [1.82, 2.24) is 9.97 Å². The molecule has 0 spiro atoms. The van der Waals surface area contributed by atoms with Crippen molar-refractivity contribution in [3.8, 4) is 0 Å². The largest absolute Gasteiger partial charge is 0.385 e. The van der Waals surface area contributed by atoms with Gasteiger partial charge in [-0.1, -0.05) is 13.8 Å². The van der Waals surface area contributed by atoms with Crippen molar-refractivity contribution in [2.24, 2.45) is 5.92 Å². The Kier molecular flexibility index (Phi) is 3.37. The lowest BCUT2D eigenvalue weighted by Crippen LogP contribution is -2.06. The van der Waals surface area contributed by atoms with Crippen LogP contribution in [0.15, 0.2) is 12.4 Å². The van der Waals surface area contributed by atoms with Gasteiger partial charge < -0.3 is 5.11 Å². The zero-order valence-corrected chi connectivity index (χ0v) is 8.36. The quantitative estimate of drug-likeness (QED) is 0.772. The van der Waals surface area contributed by atoms with E-state index in [9.17, 15) is 5.11 Å². The van der Waals surface area contributed by atoms with Gasteiger partial charge in [0.25, 0.3) is 0 Å². The first kappa shape index (κ1) is 10.1. The molecule has 3 heteroatoms. The number of aliphatic hydroxyl groups excluding tert-OH is 1. The highest BCUT2D eigenvalue weighted by Gasteiger charge is 2.11. The van der Waals surface area contributed by atoms with Crippen LogP contribution in [0.3, 0.4) is 0 Å². The summed E-state index contributed by atoms with van der Waals surface area (Å²) in [5.74, 6) is 0.985. The summed E-state index contributed by atoms with van der Waals surface area (Å²) < 4.78 is 0. The maximum atomic E-state index is 9.66. The highest BCUT2D eigenvalue weighted by molar-refractivity contribution is 5.03. The van der Waals surface area contributed by atoms with Crippen LogP contribution < -0.4 is 0 Å². The molecule has 1 heterocycles. The molecule has 0 aromatic carbocycles. The minimum Gasteiger partial charge on any atom is -0.385 e. The van der Waals surface area contributed by atoms with Gasteiger partial charge in [0, 0.05) is 12.4 Å². The molecule has 1 rings (SSSR count). The van der Waals surface area contributed by atoms with Crippen LogP contribution in [0.4, 0.5) is 0 Å². The first-order valence-corrected chi connectivity index (χ1v) is 4.56. The fourth-order valence-corrected chi connectivity index (χ4v) is 1.13. The van der Waals surface area contributed by atoms with Gasteiger partial charge in [-0.05, 0) is 24.8 Å². The van der Waals surface area contributed by atoms with Crippen LogP contribution in [0, 0.1) is 12.8 Å². The minimum absolute atomic E-state index is 0.458. The zero-order chi connectivity index (χ0) is 9.84. The van der Waals surface area contributed by atoms with E-state index in [-0.39, 0.29) is 0 Å². The van der Waals surface area contributed by atoms with Gasteiger partial charge in [0.15, 0.2) is 5.82 Å². The van der Waals surface area contributed by atoms with E-state index in [0.717, 1.165) is 5.56 Å². The number of nitrogens with zero attached hydrogens (tertiary/aromatic N) is 2. The molecular formula is C10H16N2O. The molecule has 0 saturated heterocycles. The summed E-state index contributed by atoms with van der Waals surface area (Å²) in [6.45, 7) is 6.06. The third-order valence-corrected chi connectivity index (χ3v) is 1.79. The predicted octanol–water partition coefficient (Wildman–Crippen LogP) is 1.86. The number of aryl methyl sites for hydroxylation is 1. The maximum Gasteiger partial charge on any atom is 0.156 e. The Morgan fingerprint density at radius 2 is 1.85 bits per heavy atom. The van der Waals surface area contributed by atoms with Gasteiger partial charge >= 0.3 is 0 Å². The molecule has 0 radical (unpaired) electrons. The average molecular weight is 180 g/mol. The van der Waals surface area contributed by atoms with E-state index >= 15 is 0 Å².